The second-order valence-corrected chi connectivity index (χ2v) is 4.12. The average molecular weight is 201 g/mol. The highest BCUT2D eigenvalue weighted by atomic mass is 16.6. The maximum atomic E-state index is 11.2. The number of aldehydes is 1. The molecule has 0 aromatic carbocycles. The lowest BCUT2D eigenvalue weighted by molar-refractivity contribution is -0.153. The van der Waals surface area contributed by atoms with Crippen molar-refractivity contribution in [3.8, 4) is 0 Å². The largest absolute Gasteiger partial charge is 0.459 e. The van der Waals surface area contributed by atoms with E-state index >= 15 is 0 Å². The van der Waals surface area contributed by atoms with Crippen molar-refractivity contribution >= 4 is 12.3 Å². The van der Waals surface area contributed by atoms with Gasteiger partial charge in [0.05, 0.1) is 12.6 Å². The van der Waals surface area contributed by atoms with E-state index in [1.165, 1.54) is 0 Å². The highest BCUT2D eigenvalue weighted by molar-refractivity contribution is 5.72. The van der Waals surface area contributed by atoms with E-state index in [1.807, 2.05) is 27.7 Å². The fraction of sp³-hybridized carbons (Fsp3) is 0.800. The van der Waals surface area contributed by atoms with Gasteiger partial charge in [-0.1, -0.05) is 6.92 Å². The third kappa shape index (κ3) is 6.60. The first kappa shape index (κ1) is 13.1. The highest BCUT2D eigenvalue weighted by Gasteiger charge is 2.16. The summed E-state index contributed by atoms with van der Waals surface area (Å²) in [6.45, 7) is 7.38. The molecular formula is C10H19NO3. The predicted molar refractivity (Wildman–Crippen MR) is 54.0 cm³/mol. The summed E-state index contributed by atoms with van der Waals surface area (Å²) >= 11 is 0. The van der Waals surface area contributed by atoms with Crippen molar-refractivity contribution in [1.29, 1.82) is 0 Å². The van der Waals surface area contributed by atoms with Crippen molar-refractivity contribution in [3.63, 3.8) is 0 Å². The van der Waals surface area contributed by atoms with E-state index in [0.717, 1.165) is 6.29 Å². The van der Waals surface area contributed by atoms with Crippen LogP contribution in [0.15, 0.2) is 0 Å². The number of esters is 1. The molecule has 0 aromatic rings. The molecule has 0 amide bonds. The van der Waals surface area contributed by atoms with Gasteiger partial charge in [-0.25, -0.2) is 0 Å². The van der Waals surface area contributed by atoms with E-state index in [-0.39, 0.29) is 18.6 Å². The van der Waals surface area contributed by atoms with E-state index in [9.17, 15) is 9.59 Å². The van der Waals surface area contributed by atoms with Gasteiger partial charge in [0.2, 0.25) is 0 Å². The van der Waals surface area contributed by atoms with Crippen LogP contribution in [0.3, 0.4) is 0 Å². The minimum absolute atomic E-state index is 0.0779. The summed E-state index contributed by atoms with van der Waals surface area (Å²) in [5.41, 5.74) is -0.471. The SMILES string of the molecule is CCC(C=O)NCC(=O)OC(C)(C)C. The average Bonchev–Trinajstić information content (AvgIpc) is 2.03. The van der Waals surface area contributed by atoms with Gasteiger partial charge < -0.3 is 9.53 Å². The zero-order valence-corrected chi connectivity index (χ0v) is 9.29. The zero-order valence-electron chi connectivity index (χ0n) is 9.29. The summed E-state index contributed by atoms with van der Waals surface area (Å²) in [6, 6.07) is -0.262. The molecule has 0 aromatic heterocycles. The number of nitrogens with one attached hydrogen (secondary N) is 1. The number of hydrogen-bond donors (Lipinski definition) is 1. The lowest BCUT2D eigenvalue weighted by Gasteiger charge is -2.20. The van der Waals surface area contributed by atoms with E-state index in [1.54, 1.807) is 0 Å². The van der Waals surface area contributed by atoms with Gasteiger partial charge in [-0.3, -0.25) is 10.1 Å². The highest BCUT2D eigenvalue weighted by Crippen LogP contribution is 2.06. The summed E-state index contributed by atoms with van der Waals surface area (Å²) in [7, 11) is 0. The Labute approximate surface area is 85.0 Å². The summed E-state index contributed by atoms with van der Waals surface area (Å²) in [5, 5.41) is 2.80. The molecular weight excluding hydrogens is 182 g/mol. The molecule has 82 valence electrons. The van der Waals surface area contributed by atoms with Crippen molar-refractivity contribution in [1.82, 2.24) is 5.32 Å². The predicted octanol–water partition coefficient (Wildman–Crippen LogP) is 0.895. The second kappa shape index (κ2) is 5.75. The molecule has 0 saturated carbocycles. The third-order valence-electron chi connectivity index (χ3n) is 1.53. The van der Waals surface area contributed by atoms with E-state index < -0.39 is 5.60 Å². The number of carbonyl (C=O) groups excluding carboxylic acids is 2. The normalized spacial score (nSPS) is 13.4. The van der Waals surface area contributed by atoms with Crippen molar-refractivity contribution in [2.45, 2.75) is 45.8 Å². The van der Waals surface area contributed by atoms with E-state index in [4.69, 9.17) is 4.74 Å². The molecule has 1 unspecified atom stereocenters. The first-order valence-electron chi connectivity index (χ1n) is 4.79. The quantitative estimate of drug-likeness (QED) is 0.530. The minimum atomic E-state index is -0.471. The van der Waals surface area contributed by atoms with Crippen molar-refractivity contribution in [3.05, 3.63) is 0 Å². The second-order valence-electron chi connectivity index (χ2n) is 4.12. The van der Waals surface area contributed by atoms with Crippen LogP contribution in [0.4, 0.5) is 0 Å². The summed E-state index contributed by atoms with van der Waals surface area (Å²) in [5.74, 6) is -0.335. The number of carbonyl (C=O) groups is 2. The Balaban J connectivity index is 3.79. The first-order valence-corrected chi connectivity index (χ1v) is 4.79. The summed E-state index contributed by atoms with van der Waals surface area (Å²) < 4.78 is 5.06. The van der Waals surface area contributed by atoms with E-state index in [2.05, 4.69) is 5.32 Å². The van der Waals surface area contributed by atoms with Crippen molar-refractivity contribution in [2.24, 2.45) is 0 Å². The molecule has 14 heavy (non-hydrogen) atoms. The molecule has 0 heterocycles. The number of rotatable bonds is 5. The van der Waals surface area contributed by atoms with Crippen LogP contribution in [0, 0.1) is 0 Å². The topological polar surface area (TPSA) is 55.4 Å². The smallest absolute Gasteiger partial charge is 0.320 e. The van der Waals surface area contributed by atoms with Gasteiger partial charge in [0.25, 0.3) is 0 Å². The van der Waals surface area contributed by atoms with Gasteiger partial charge >= 0.3 is 5.97 Å². The molecule has 0 rings (SSSR count). The third-order valence-corrected chi connectivity index (χ3v) is 1.53. The lowest BCUT2D eigenvalue weighted by Crippen LogP contribution is -2.37. The van der Waals surface area contributed by atoms with Gasteiger partial charge in [-0.15, -0.1) is 0 Å². The van der Waals surface area contributed by atoms with Crippen molar-refractivity contribution < 1.29 is 14.3 Å². The molecule has 0 bridgehead atoms. The Morgan fingerprint density at radius 3 is 2.43 bits per heavy atom. The molecule has 1 atom stereocenters. The van der Waals surface area contributed by atoms with Crippen LogP contribution in [0.5, 0.6) is 0 Å². The molecule has 4 heteroatoms. The van der Waals surface area contributed by atoms with Crippen LogP contribution < -0.4 is 5.32 Å². The van der Waals surface area contributed by atoms with Crippen LogP contribution in [0.2, 0.25) is 0 Å². The molecule has 0 spiro atoms. The van der Waals surface area contributed by atoms with E-state index in [0.29, 0.717) is 6.42 Å². The zero-order chi connectivity index (χ0) is 11.2. The van der Waals surface area contributed by atoms with Gasteiger partial charge in [0.1, 0.15) is 11.9 Å². The summed E-state index contributed by atoms with van der Waals surface area (Å²) in [4.78, 5) is 21.6. The van der Waals surface area contributed by atoms with Crippen LogP contribution in [-0.4, -0.2) is 30.4 Å². The van der Waals surface area contributed by atoms with Crippen molar-refractivity contribution in [2.75, 3.05) is 6.54 Å². The monoisotopic (exact) mass is 201 g/mol. The Morgan fingerprint density at radius 2 is 2.07 bits per heavy atom. The Bertz CT molecular complexity index is 196. The first-order chi connectivity index (χ1) is 6.39. The van der Waals surface area contributed by atoms with Gasteiger partial charge in [0, 0.05) is 0 Å². The fourth-order valence-corrected chi connectivity index (χ4v) is 0.881. The van der Waals surface area contributed by atoms with Crippen LogP contribution in [0.1, 0.15) is 34.1 Å². The Morgan fingerprint density at radius 1 is 1.50 bits per heavy atom. The maximum absolute atomic E-state index is 11.2. The number of hydrogen-bond acceptors (Lipinski definition) is 4. The molecule has 4 nitrogen and oxygen atoms in total. The summed E-state index contributed by atoms with van der Waals surface area (Å²) in [6.07, 6.45) is 1.47. The molecule has 0 aliphatic heterocycles. The Hall–Kier alpha value is -0.900. The fourth-order valence-electron chi connectivity index (χ4n) is 0.881. The molecule has 0 radical (unpaired) electrons. The standard InChI is InChI=1S/C10H19NO3/c1-5-8(7-12)11-6-9(13)14-10(2,3)4/h7-8,11H,5-6H2,1-4H3. The Kier molecular flexibility index (Phi) is 5.38. The van der Waals surface area contributed by atoms with Gasteiger partial charge in [-0.2, -0.15) is 0 Å². The van der Waals surface area contributed by atoms with Gasteiger partial charge in [0.15, 0.2) is 0 Å². The van der Waals surface area contributed by atoms with Crippen LogP contribution >= 0.6 is 0 Å². The molecule has 0 saturated heterocycles. The van der Waals surface area contributed by atoms with Crippen LogP contribution in [0.25, 0.3) is 0 Å². The lowest BCUT2D eigenvalue weighted by atomic mass is 10.2. The minimum Gasteiger partial charge on any atom is -0.459 e. The van der Waals surface area contributed by atoms with Gasteiger partial charge in [-0.05, 0) is 27.2 Å². The molecule has 1 N–H and O–H groups in total. The van der Waals surface area contributed by atoms with Crippen LogP contribution in [-0.2, 0) is 14.3 Å². The maximum Gasteiger partial charge on any atom is 0.320 e. The molecule has 0 aliphatic rings. The number of ether oxygens (including phenoxy) is 1. The molecule has 0 fully saturated rings. The molecule has 0 aliphatic carbocycles.